The summed E-state index contributed by atoms with van der Waals surface area (Å²) in [6.07, 6.45) is 0. The number of rotatable bonds is 4. The van der Waals surface area contributed by atoms with Crippen LogP contribution in [-0.2, 0) is 0 Å². The monoisotopic (exact) mass is 271 g/mol. The molecule has 2 rings (SSSR count). The maximum Gasteiger partial charge on any atom is 0.339 e. The molecule has 4 heteroatoms. The molecule has 4 nitrogen and oxygen atoms in total. The Balaban J connectivity index is 2.48. The largest absolute Gasteiger partial charge is 0.478 e. The Morgan fingerprint density at radius 1 is 1.15 bits per heavy atom. The van der Waals surface area contributed by atoms with E-state index in [0.29, 0.717) is 11.4 Å². The van der Waals surface area contributed by atoms with E-state index in [2.05, 4.69) is 13.8 Å². The second kappa shape index (κ2) is 5.65. The van der Waals surface area contributed by atoms with Crippen molar-refractivity contribution in [3.63, 3.8) is 0 Å². The quantitative estimate of drug-likeness (QED) is 0.828. The van der Waals surface area contributed by atoms with Gasteiger partial charge in [-0.1, -0.05) is 38.1 Å². The Kier molecular flexibility index (Phi) is 3.94. The molecule has 0 fully saturated rings. The van der Waals surface area contributed by atoms with E-state index >= 15 is 0 Å². The zero-order valence-corrected chi connectivity index (χ0v) is 11.5. The van der Waals surface area contributed by atoms with Gasteiger partial charge in [0.1, 0.15) is 11.3 Å². The molecule has 2 aromatic carbocycles. The van der Waals surface area contributed by atoms with Crippen LogP contribution in [0.15, 0.2) is 42.5 Å². The van der Waals surface area contributed by atoms with Gasteiger partial charge in [0.15, 0.2) is 5.75 Å². The average molecular weight is 271 g/mol. The predicted molar refractivity (Wildman–Crippen MR) is 78.4 cm³/mol. The van der Waals surface area contributed by atoms with Crippen LogP contribution in [0.25, 0.3) is 0 Å². The SMILES string of the molecule is CC(C)c1ccccc1Oc1c(N)cccc1C(=O)O. The van der Waals surface area contributed by atoms with Gasteiger partial charge < -0.3 is 15.6 Å². The summed E-state index contributed by atoms with van der Waals surface area (Å²) in [5.74, 6) is 0.0229. The van der Waals surface area contributed by atoms with Crippen LogP contribution in [0.4, 0.5) is 5.69 Å². The summed E-state index contributed by atoms with van der Waals surface area (Å²) in [7, 11) is 0. The molecule has 0 saturated carbocycles. The van der Waals surface area contributed by atoms with Crippen LogP contribution >= 0.6 is 0 Å². The maximum atomic E-state index is 11.2. The first kappa shape index (κ1) is 13.9. The summed E-state index contributed by atoms with van der Waals surface area (Å²) < 4.78 is 5.79. The number of anilines is 1. The lowest BCUT2D eigenvalue weighted by molar-refractivity contribution is 0.0694. The van der Waals surface area contributed by atoms with Crippen LogP contribution in [0, 0.1) is 0 Å². The van der Waals surface area contributed by atoms with E-state index in [0.717, 1.165) is 5.56 Å². The minimum atomic E-state index is -1.06. The van der Waals surface area contributed by atoms with E-state index in [1.807, 2.05) is 24.3 Å². The normalized spacial score (nSPS) is 10.6. The third kappa shape index (κ3) is 2.74. The molecule has 0 heterocycles. The molecule has 0 unspecified atom stereocenters. The van der Waals surface area contributed by atoms with E-state index in [-0.39, 0.29) is 17.2 Å². The zero-order chi connectivity index (χ0) is 14.7. The Morgan fingerprint density at radius 2 is 1.85 bits per heavy atom. The molecule has 0 aromatic heterocycles. The predicted octanol–water partition coefficient (Wildman–Crippen LogP) is 3.88. The number of hydrogen-bond acceptors (Lipinski definition) is 3. The van der Waals surface area contributed by atoms with E-state index in [1.54, 1.807) is 12.1 Å². The van der Waals surface area contributed by atoms with Gasteiger partial charge in [-0.05, 0) is 29.7 Å². The molecule has 0 amide bonds. The standard InChI is InChI=1S/C16H17NO3/c1-10(2)11-6-3-4-9-14(11)20-15-12(16(18)19)7-5-8-13(15)17/h3-10H,17H2,1-2H3,(H,18,19). The van der Waals surface area contributed by atoms with Gasteiger partial charge in [0.2, 0.25) is 0 Å². The summed E-state index contributed by atoms with van der Waals surface area (Å²) in [5.41, 5.74) is 7.22. The van der Waals surface area contributed by atoms with Crippen molar-refractivity contribution >= 4 is 11.7 Å². The van der Waals surface area contributed by atoms with Crippen molar-refractivity contribution in [1.29, 1.82) is 0 Å². The number of carboxylic acids is 1. The number of para-hydroxylation sites is 2. The average Bonchev–Trinajstić information content (AvgIpc) is 2.41. The van der Waals surface area contributed by atoms with E-state index in [4.69, 9.17) is 10.5 Å². The molecule has 20 heavy (non-hydrogen) atoms. The second-order valence-electron chi connectivity index (χ2n) is 4.82. The fraction of sp³-hybridized carbons (Fsp3) is 0.188. The molecular weight excluding hydrogens is 254 g/mol. The maximum absolute atomic E-state index is 11.2. The molecule has 0 bridgehead atoms. The second-order valence-corrected chi connectivity index (χ2v) is 4.82. The minimum absolute atomic E-state index is 0.0589. The van der Waals surface area contributed by atoms with Crippen molar-refractivity contribution in [2.75, 3.05) is 5.73 Å². The Bertz CT molecular complexity index is 635. The van der Waals surface area contributed by atoms with Gasteiger partial charge in [-0.2, -0.15) is 0 Å². The first-order chi connectivity index (χ1) is 9.50. The third-order valence-corrected chi connectivity index (χ3v) is 3.03. The fourth-order valence-corrected chi connectivity index (χ4v) is 2.00. The van der Waals surface area contributed by atoms with E-state index in [9.17, 15) is 9.90 Å². The fourth-order valence-electron chi connectivity index (χ4n) is 2.00. The van der Waals surface area contributed by atoms with E-state index < -0.39 is 5.97 Å². The van der Waals surface area contributed by atoms with Gasteiger partial charge in [0.25, 0.3) is 0 Å². The lowest BCUT2D eigenvalue weighted by atomic mass is 10.0. The van der Waals surface area contributed by atoms with Crippen molar-refractivity contribution in [1.82, 2.24) is 0 Å². The van der Waals surface area contributed by atoms with Crippen LogP contribution in [0.1, 0.15) is 35.7 Å². The third-order valence-electron chi connectivity index (χ3n) is 3.03. The summed E-state index contributed by atoms with van der Waals surface area (Å²) in [6, 6.07) is 12.2. The van der Waals surface area contributed by atoms with Gasteiger partial charge in [-0.25, -0.2) is 4.79 Å². The number of carboxylic acid groups (broad SMARTS) is 1. The van der Waals surface area contributed by atoms with Crippen molar-refractivity contribution in [2.24, 2.45) is 0 Å². The van der Waals surface area contributed by atoms with E-state index in [1.165, 1.54) is 6.07 Å². The van der Waals surface area contributed by atoms with Gasteiger partial charge in [0.05, 0.1) is 5.69 Å². The number of benzene rings is 2. The van der Waals surface area contributed by atoms with Gasteiger partial charge in [-0.3, -0.25) is 0 Å². The molecule has 0 aliphatic rings. The molecular formula is C16H17NO3. The molecule has 0 aliphatic carbocycles. The van der Waals surface area contributed by atoms with Crippen LogP contribution in [0.5, 0.6) is 11.5 Å². The van der Waals surface area contributed by atoms with Crippen LogP contribution < -0.4 is 10.5 Å². The van der Waals surface area contributed by atoms with Gasteiger partial charge in [-0.15, -0.1) is 0 Å². The number of carbonyl (C=O) groups is 1. The first-order valence-corrected chi connectivity index (χ1v) is 6.39. The molecule has 104 valence electrons. The molecule has 3 N–H and O–H groups in total. The summed E-state index contributed by atoms with van der Waals surface area (Å²) in [6.45, 7) is 4.10. The summed E-state index contributed by atoms with van der Waals surface area (Å²) in [5, 5.41) is 9.21. The number of nitrogen functional groups attached to an aromatic ring is 1. The molecule has 0 radical (unpaired) electrons. The summed E-state index contributed by atoms with van der Waals surface area (Å²) in [4.78, 5) is 11.2. The van der Waals surface area contributed by atoms with Gasteiger partial charge in [0, 0.05) is 0 Å². The lowest BCUT2D eigenvalue weighted by Gasteiger charge is -2.16. The van der Waals surface area contributed by atoms with Crippen LogP contribution in [0.3, 0.4) is 0 Å². The molecule has 0 saturated heterocycles. The highest BCUT2D eigenvalue weighted by Gasteiger charge is 2.16. The Labute approximate surface area is 117 Å². The Hall–Kier alpha value is -2.49. The highest BCUT2D eigenvalue weighted by atomic mass is 16.5. The first-order valence-electron chi connectivity index (χ1n) is 6.39. The van der Waals surface area contributed by atoms with Gasteiger partial charge >= 0.3 is 5.97 Å². The Morgan fingerprint density at radius 3 is 2.50 bits per heavy atom. The highest BCUT2D eigenvalue weighted by Crippen LogP contribution is 2.35. The molecule has 0 aliphatic heterocycles. The zero-order valence-electron chi connectivity index (χ0n) is 11.5. The number of hydrogen-bond donors (Lipinski definition) is 2. The topological polar surface area (TPSA) is 72.5 Å². The molecule has 2 aromatic rings. The number of nitrogens with two attached hydrogens (primary N) is 1. The smallest absolute Gasteiger partial charge is 0.339 e. The minimum Gasteiger partial charge on any atom is -0.478 e. The van der Waals surface area contributed by atoms with Crippen molar-refractivity contribution < 1.29 is 14.6 Å². The van der Waals surface area contributed by atoms with Crippen molar-refractivity contribution in [3.8, 4) is 11.5 Å². The van der Waals surface area contributed by atoms with Crippen LogP contribution in [-0.4, -0.2) is 11.1 Å². The molecule has 0 spiro atoms. The number of ether oxygens (including phenoxy) is 1. The summed E-state index contributed by atoms with van der Waals surface area (Å²) >= 11 is 0. The van der Waals surface area contributed by atoms with Crippen molar-refractivity contribution in [2.45, 2.75) is 19.8 Å². The van der Waals surface area contributed by atoms with Crippen LogP contribution in [0.2, 0.25) is 0 Å². The lowest BCUT2D eigenvalue weighted by Crippen LogP contribution is -2.04. The van der Waals surface area contributed by atoms with Crippen molar-refractivity contribution in [3.05, 3.63) is 53.6 Å². The molecule has 0 atom stereocenters. The highest BCUT2D eigenvalue weighted by molar-refractivity contribution is 5.93. The number of aromatic carboxylic acids is 1.